The minimum absolute atomic E-state index is 0.0579. The van der Waals surface area contributed by atoms with Crippen molar-refractivity contribution in [1.29, 1.82) is 0 Å². The van der Waals surface area contributed by atoms with E-state index in [1.165, 1.54) is 19.4 Å². The largest absolute Gasteiger partial charge is 0.490 e. The summed E-state index contributed by atoms with van der Waals surface area (Å²) in [6.07, 6.45) is -0.322. The van der Waals surface area contributed by atoms with Gasteiger partial charge in [0.15, 0.2) is 11.6 Å². The number of hydrogen-bond acceptors (Lipinski definition) is 8. The van der Waals surface area contributed by atoms with Crippen molar-refractivity contribution in [2.75, 3.05) is 63.7 Å². The molecule has 10 nitrogen and oxygen atoms in total. The van der Waals surface area contributed by atoms with Gasteiger partial charge >= 0.3 is 12.2 Å². The molecular weight excluding hydrogens is 572 g/mol. The number of halogens is 4. The smallest absolute Gasteiger partial charge is 0.416 e. The SMILES string of the molecule is CCN1CCN(Cc2cc(F)c(NC(=O)Nc3cnc(C4=CCC(=O)C=C4OCCOC)nc3C)cc2C(F)(F)F)CC1. The summed E-state index contributed by atoms with van der Waals surface area (Å²) in [5.74, 6) is -0.604. The number of carbonyl (C=O) groups excluding carboxylic acids is 2. The number of piperazine rings is 1. The Labute approximate surface area is 246 Å². The van der Waals surface area contributed by atoms with E-state index in [0.29, 0.717) is 37.0 Å². The van der Waals surface area contributed by atoms with Gasteiger partial charge in [0.2, 0.25) is 0 Å². The Morgan fingerprint density at radius 2 is 1.77 bits per heavy atom. The molecule has 2 aliphatic rings. The normalized spacial score (nSPS) is 16.5. The average molecular weight is 607 g/mol. The van der Waals surface area contributed by atoms with E-state index in [1.807, 2.05) is 11.8 Å². The molecular formula is C29H34F4N6O4. The molecule has 0 atom stereocenters. The number of aryl methyl sites for hydroxylation is 1. The van der Waals surface area contributed by atoms with Gasteiger partial charge < -0.3 is 25.0 Å². The molecule has 232 valence electrons. The maximum Gasteiger partial charge on any atom is 0.416 e. The summed E-state index contributed by atoms with van der Waals surface area (Å²) in [7, 11) is 1.52. The molecule has 0 spiro atoms. The number of hydrogen-bond donors (Lipinski definition) is 2. The van der Waals surface area contributed by atoms with E-state index in [1.54, 1.807) is 13.0 Å². The van der Waals surface area contributed by atoms with Gasteiger partial charge in [0, 0.05) is 52.3 Å². The summed E-state index contributed by atoms with van der Waals surface area (Å²) >= 11 is 0. The summed E-state index contributed by atoms with van der Waals surface area (Å²) in [6.45, 7) is 7.51. The van der Waals surface area contributed by atoms with Crippen molar-refractivity contribution in [3.05, 3.63) is 64.7 Å². The molecule has 0 unspecified atom stereocenters. The number of likely N-dealkylation sites (N-methyl/N-ethyl adjacent to an activating group) is 1. The van der Waals surface area contributed by atoms with Crippen LogP contribution >= 0.6 is 0 Å². The van der Waals surface area contributed by atoms with E-state index >= 15 is 0 Å². The fourth-order valence-electron chi connectivity index (χ4n) is 4.75. The summed E-state index contributed by atoms with van der Waals surface area (Å²) in [6, 6.07) is 0.477. The molecule has 43 heavy (non-hydrogen) atoms. The number of carbonyl (C=O) groups is 2. The Kier molecular flexibility index (Phi) is 10.5. The average Bonchev–Trinajstić information content (AvgIpc) is 2.95. The summed E-state index contributed by atoms with van der Waals surface area (Å²) in [5, 5.41) is 4.62. The third kappa shape index (κ3) is 8.36. The molecule has 4 rings (SSSR count). The number of nitrogens with one attached hydrogen (secondary N) is 2. The molecule has 0 radical (unpaired) electrons. The predicted molar refractivity (Wildman–Crippen MR) is 152 cm³/mol. The van der Waals surface area contributed by atoms with Crippen molar-refractivity contribution in [3.63, 3.8) is 0 Å². The Balaban J connectivity index is 1.46. The van der Waals surface area contributed by atoms with Crippen LogP contribution in [-0.4, -0.2) is 84.6 Å². The second-order valence-electron chi connectivity index (χ2n) is 10.1. The van der Waals surface area contributed by atoms with Gasteiger partial charge in [0.1, 0.15) is 18.2 Å². The molecule has 2 N–H and O–H groups in total. The van der Waals surface area contributed by atoms with Crippen molar-refractivity contribution in [2.24, 2.45) is 0 Å². The van der Waals surface area contributed by atoms with Crippen LogP contribution in [0.2, 0.25) is 0 Å². The van der Waals surface area contributed by atoms with Crippen LogP contribution in [0.1, 0.15) is 36.0 Å². The van der Waals surface area contributed by atoms with Crippen molar-refractivity contribution in [2.45, 2.75) is 33.0 Å². The number of ketones is 1. The number of ether oxygens (including phenoxy) is 2. The molecule has 1 aromatic heterocycles. The number of methoxy groups -OCH3 is 1. The zero-order valence-corrected chi connectivity index (χ0v) is 24.2. The van der Waals surface area contributed by atoms with Gasteiger partial charge in [-0.3, -0.25) is 9.69 Å². The minimum Gasteiger partial charge on any atom is -0.490 e. The molecule has 2 amide bonds. The summed E-state index contributed by atoms with van der Waals surface area (Å²) < 4.78 is 67.5. The first kappa shape index (κ1) is 32.0. The van der Waals surface area contributed by atoms with Crippen LogP contribution in [0.4, 0.5) is 33.7 Å². The van der Waals surface area contributed by atoms with Crippen molar-refractivity contribution in [1.82, 2.24) is 19.8 Å². The van der Waals surface area contributed by atoms with Gasteiger partial charge in [-0.2, -0.15) is 13.2 Å². The molecule has 1 aromatic carbocycles. The number of alkyl halides is 3. The lowest BCUT2D eigenvalue weighted by atomic mass is 10.0. The zero-order valence-electron chi connectivity index (χ0n) is 24.2. The number of allylic oxidation sites excluding steroid dienone is 3. The fraction of sp³-hybridized carbons (Fsp3) is 0.448. The number of anilines is 2. The molecule has 1 saturated heterocycles. The fourth-order valence-corrected chi connectivity index (χ4v) is 4.75. The quantitative estimate of drug-likeness (QED) is 0.298. The number of benzene rings is 1. The van der Waals surface area contributed by atoms with Crippen LogP contribution in [0.15, 0.2) is 36.2 Å². The highest BCUT2D eigenvalue weighted by Crippen LogP contribution is 2.36. The van der Waals surface area contributed by atoms with Gasteiger partial charge in [-0.05, 0) is 31.2 Å². The lowest BCUT2D eigenvalue weighted by Gasteiger charge is -2.34. The predicted octanol–water partition coefficient (Wildman–Crippen LogP) is 4.63. The van der Waals surface area contributed by atoms with Crippen molar-refractivity contribution in [3.8, 4) is 0 Å². The second-order valence-corrected chi connectivity index (χ2v) is 10.1. The van der Waals surface area contributed by atoms with E-state index < -0.39 is 29.3 Å². The van der Waals surface area contributed by atoms with Crippen LogP contribution in [0, 0.1) is 12.7 Å². The highest BCUT2D eigenvalue weighted by atomic mass is 19.4. The van der Waals surface area contributed by atoms with Crippen molar-refractivity contribution >= 4 is 28.8 Å². The van der Waals surface area contributed by atoms with Crippen LogP contribution in [0.3, 0.4) is 0 Å². The van der Waals surface area contributed by atoms with E-state index in [-0.39, 0.29) is 48.2 Å². The highest BCUT2D eigenvalue weighted by molar-refractivity contribution is 6.00. The standard InChI is InChI=1S/C29H34F4N6O4/c1-4-38-7-9-39(10-8-38)17-19-13-23(30)24(15-22(19)29(31,32)33)36-28(41)37-25-16-34-27(35-18(25)2)21-6-5-20(40)14-26(21)43-12-11-42-3/h6,13-16H,4-5,7-12,17H2,1-3H3,(H2,36,37,41). The maximum atomic E-state index is 15.0. The van der Waals surface area contributed by atoms with E-state index in [0.717, 1.165) is 25.7 Å². The van der Waals surface area contributed by atoms with Gasteiger partial charge in [0.05, 0.1) is 41.0 Å². The Morgan fingerprint density at radius 1 is 1.07 bits per heavy atom. The maximum absolute atomic E-state index is 15.0. The third-order valence-corrected chi connectivity index (χ3v) is 7.13. The Hall–Kier alpha value is -3.88. The van der Waals surface area contributed by atoms with Crippen LogP contribution in [-0.2, 0) is 27.0 Å². The second kappa shape index (κ2) is 14.1. The highest BCUT2D eigenvalue weighted by Gasteiger charge is 2.35. The summed E-state index contributed by atoms with van der Waals surface area (Å²) in [4.78, 5) is 37.3. The first-order valence-corrected chi connectivity index (χ1v) is 13.8. The van der Waals surface area contributed by atoms with Gasteiger partial charge in [-0.15, -0.1) is 0 Å². The topological polar surface area (TPSA) is 109 Å². The Bertz CT molecular complexity index is 1400. The number of amides is 2. The number of aromatic nitrogens is 2. The third-order valence-electron chi connectivity index (χ3n) is 7.13. The molecule has 1 aliphatic carbocycles. The lowest BCUT2D eigenvalue weighted by Crippen LogP contribution is -2.45. The number of nitrogens with zero attached hydrogens (tertiary/aromatic N) is 4. The van der Waals surface area contributed by atoms with E-state index in [2.05, 4.69) is 25.5 Å². The molecule has 14 heteroatoms. The van der Waals surface area contributed by atoms with E-state index in [4.69, 9.17) is 9.47 Å². The molecule has 1 aliphatic heterocycles. The summed E-state index contributed by atoms with van der Waals surface area (Å²) in [5.41, 5.74) is -0.854. The number of rotatable bonds is 10. The van der Waals surface area contributed by atoms with Gasteiger partial charge in [-0.1, -0.05) is 13.0 Å². The van der Waals surface area contributed by atoms with Gasteiger partial charge in [0.25, 0.3) is 0 Å². The van der Waals surface area contributed by atoms with Gasteiger partial charge in [-0.25, -0.2) is 19.2 Å². The van der Waals surface area contributed by atoms with Crippen molar-refractivity contribution < 1.29 is 36.6 Å². The minimum atomic E-state index is -4.75. The van der Waals surface area contributed by atoms with E-state index in [9.17, 15) is 27.2 Å². The van der Waals surface area contributed by atoms with Crippen LogP contribution < -0.4 is 10.6 Å². The van der Waals surface area contributed by atoms with Crippen LogP contribution in [0.25, 0.3) is 5.57 Å². The zero-order chi connectivity index (χ0) is 31.1. The monoisotopic (exact) mass is 606 g/mol. The molecule has 0 saturated carbocycles. The molecule has 2 heterocycles. The lowest BCUT2D eigenvalue weighted by molar-refractivity contribution is -0.138. The first-order chi connectivity index (χ1) is 20.5. The molecule has 2 aromatic rings. The van der Waals surface area contributed by atoms with Crippen LogP contribution in [0.5, 0.6) is 0 Å². The molecule has 1 fully saturated rings. The number of urea groups is 1. The Morgan fingerprint density at radius 3 is 2.42 bits per heavy atom. The molecule has 0 bridgehead atoms. The first-order valence-electron chi connectivity index (χ1n) is 13.8.